The average Bonchev–Trinajstić information content (AvgIpc) is 0.812. The Labute approximate surface area is 808 Å². The van der Waals surface area contributed by atoms with E-state index in [0.717, 1.165) is 52.8 Å². The van der Waals surface area contributed by atoms with E-state index < -0.39 is 237 Å². The summed E-state index contributed by atoms with van der Waals surface area (Å²) in [6.45, 7) is 0.705. The number of benzene rings is 2. The maximum Gasteiger partial charge on any atom is 0.326 e. The third-order valence-electron chi connectivity index (χ3n) is 23.1. The molecule has 3 atom stereocenters. The fourth-order valence-corrected chi connectivity index (χ4v) is 15.3. The lowest BCUT2D eigenvalue weighted by atomic mass is 9.81. The molecular formula is C91H119N19O32. The number of hydrogen-bond acceptors (Lipinski definition) is 28. The quantitative estimate of drug-likeness (QED) is 0.0164. The summed E-state index contributed by atoms with van der Waals surface area (Å²) >= 11 is 0. The molecule has 0 saturated heterocycles. The number of amides is 13. The van der Waals surface area contributed by atoms with Crippen LogP contribution in [0.3, 0.4) is 0 Å². The van der Waals surface area contributed by atoms with Gasteiger partial charge in [-0.15, -0.1) is 0 Å². The Morgan fingerprint density at radius 1 is 0.352 bits per heavy atom. The van der Waals surface area contributed by atoms with Gasteiger partial charge in [-0.05, 0) is 126 Å². The zero-order valence-electron chi connectivity index (χ0n) is 78.4. The van der Waals surface area contributed by atoms with Crippen LogP contribution >= 0.6 is 0 Å². The number of pyridine rings is 4. The van der Waals surface area contributed by atoms with Crippen LogP contribution in [0.25, 0.3) is 10.8 Å². The number of urea groups is 1. The van der Waals surface area contributed by atoms with Gasteiger partial charge in [0.1, 0.15) is 44.3 Å². The number of fused-ring (bicyclic) bond motifs is 1. The van der Waals surface area contributed by atoms with Gasteiger partial charge in [-0.1, -0.05) is 42.5 Å². The molecule has 1 aliphatic rings. The second-order valence-corrected chi connectivity index (χ2v) is 33.6. The molecule has 142 heavy (non-hydrogen) atoms. The van der Waals surface area contributed by atoms with Crippen molar-refractivity contribution < 1.29 is 137 Å². The number of carboxylic acid groups (broad SMARTS) is 6. The van der Waals surface area contributed by atoms with Gasteiger partial charge < -0.3 is 135 Å². The Bertz CT molecular complexity index is 5820. The molecule has 23 N–H and O–H groups in total. The minimum atomic E-state index is -1.60. The van der Waals surface area contributed by atoms with Crippen LogP contribution in [0.2, 0.25) is 0 Å². The largest absolute Gasteiger partial charge is 0.502 e. The molecule has 0 aliphatic heterocycles. The number of carbonyl (C=O) groups is 18. The van der Waals surface area contributed by atoms with Crippen molar-refractivity contribution in [3.63, 3.8) is 0 Å². The Hall–Kier alpha value is -16.1. The maximum atomic E-state index is 14.0. The van der Waals surface area contributed by atoms with Crippen molar-refractivity contribution in [2.24, 2.45) is 11.8 Å². The first kappa shape index (κ1) is 113. The number of carboxylic acids is 6. The molecule has 7 rings (SSSR count). The standard InChI is InChI=1S/C91H119N19O32/c1-50-39-59(75(124)85(134)107(50)46-70(115)101-45-54-12-16-57(17-13-54)79(128)102-65(44-55-14-15-56-9-5-6-10-58(56)43-55)84(133)96-24-8-7-11-63(89(138)139)103-91(142)104-64(90(140)141)18-19-71(116)117)80(129)97-29-25-92-66(111)20-33-105(34-21-67(112)93-26-30-98-81(130)60-40-51(2)108(47-72(118)119)86(135)76(60)125)37-38-106(35-22-68(113)94-27-31-99-82(131)61-41-52(3)109(48-73(120)121)87(136)77(61)126)36-23-69(114)95-28-32-100-83(132)62-42-53(4)110(49-74(122)123)88(137)78(62)127/h5-6,9-10,14-15,39-43,54,57,63-65,124-127H,7-8,11-13,16-38,44-49H2,1-4H3,(H,92,111)(H,93,112)(H,94,113)(H,95,114)(H,96,133)(H,97,129)(H,98,130)(H,99,131)(H,100,132)(H,101,115)(H,102,128)(H,116,117)(H,118,119)(H,120,121)(H,122,123)(H,138,139)(H,140,141)(H2,103,104,142)/t54?,57?,63-,64-,65-/m0/s1. The second-order valence-electron chi connectivity index (χ2n) is 33.6. The Kier molecular flexibility index (Phi) is 44.1. The van der Waals surface area contributed by atoms with E-state index in [1.165, 1.54) is 33.8 Å². The van der Waals surface area contributed by atoms with Gasteiger partial charge >= 0.3 is 41.8 Å². The van der Waals surface area contributed by atoms with E-state index in [1.54, 1.807) is 9.80 Å². The molecular weight excluding hydrogens is 1870 g/mol. The van der Waals surface area contributed by atoms with Crippen LogP contribution in [0.5, 0.6) is 23.0 Å². The summed E-state index contributed by atoms with van der Waals surface area (Å²) in [5, 5.41) is 133. The summed E-state index contributed by atoms with van der Waals surface area (Å²) in [4.78, 5) is 284. The first-order valence-electron chi connectivity index (χ1n) is 45.4. The predicted octanol–water partition coefficient (Wildman–Crippen LogP) is -3.55. The number of nitrogens with zero attached hydrogens (tertiary/aromatic N) is 6. The highest BCUT2D eigenvalue weighted by atomic mass is 16.4. The summed E-state index contributed by atoms with van der Waals surface area (Å²) in [7, 11) is 0. The smallest absolute Gasteiger partial charge is 0.326 e. The van der Waals surface area contributed by atoms with Crippen molar-refractivity contribution >= 4 is 118 Å². The van der Waals surface area contributed by atoms with Crippen LogP contribution in [0.1, 0.15) is 153 Å². The third-order valence-corrected chi connectivity index (χ3v) is 23.1. The van der Waals surface area contributed by atoms with E-state index in [2.05, 4.69) is 69.1 Å². The first-order valence-corrected chi connectivity index (χ1v) is 45.4. The fourth-order valence-electron chi connectivity index (χ4n) is 15.3. The minimum Gasteiger partial charge on any atom is -0.502 e. The highest BCUT2D eigenvalue weighted by Crippen LogP contribution is 2.30. The first-order chi connectivity index (χ1) is 67.3. The zero-order valence-corrected chi connectivity index (χ0v) is 78.4. The number of carbonyl (C=O) groups excluding carboxylic acids is 12. The van der Waals surface area contributed by atoms with Crippen molar-refractivity contribution in [2.45, 2.75) is 162 Å². The molecule has 0 spiro atoms. The van der Waals surface area contributed by atoms with E-state index in [-0.39, 0.29) is 185 Å². The maximum absolute atomic E-state index is 14.0. The molecule has 13 amide bonds. The normalized spacial score (nSPS) is 13.3. The highest BCUT2D eigenvalue weighted by molar-refractivity contribution is 5.99. The van der Waals surface area contributed by atoms with Crippen molar-refractivity contribution in [1.29, 1.82) is 0 Å². The van der Waals surface area contributed by atoms with E-state index >= 15 is 0 Å². The van der Waals surface area contributed by atoms with Crippen molar-refractivity contribution in [3.05, 3.63) is 159 Å². The molecule has 1 fully saturated rings. The summed E-state index contributed by atoms with van der Waals surface area (Å²) in [6.07, 6.45) is -0.00625. The monoisotopic (exact) mass is 1990 g/mol. The Morgan fingerprint density at radius 3 is 1.06 bits per heavy atom. The van der Waals surface area contributed by atoms with Gasteiger partial charge in [-0.25, -0.2) is 14.4 Å². The predicted molar refractivity (Wildman–Crippen MR) is 500 cm³/mol. The Balaban J connectivity index is 0.932. The van der Waals surface area contributed by atoms with Gasteiger partial charge in [-0.3, -0.25) is 105 Å². The number of unbranched alkanes of at least 4 members (excludes halogenated alkanes) is 1. The van der Waals surface area contributed by atoms with Gasteiger partial charge in [-0.2, -0.15) is 0 Å². The topological polar surface area (TPSA) is 760 Å². The van der Waals surface area contributed by atoms with Gasteiger partial charge in [0.2, 0.25) is 41.4 Å². The van der Waals surface area contributed by atoms with E-state index in [4.69, 9.17) is 5.11 Å². The minimum absolute atomic E-state index is 0.0257. The van der Waals surface area contributed by atoms with E-state index in [1.807, 2.05) is 42.5 Å². The molecule has 0 bridgehead atoms. The highest BCUT2D eigenvalue weighted by Gasteiger charge is 2.33. The number of aryl methyl sites for hydroxylation is 4. The van der Waals surface area contributed by atoms with Crippen molar-refractivity contribution in [3.8, 4) is 23.0 Å². The summed E-state index contributed by atoms with van der Waals surface area (Å²) in [5.74, 6) is -20.7. The van der Waals surface area contributed by atoms with Gasteiger partial charge in [0, 0.05) is 172 Å². The molecule has 1 saturated carbocycles. The molecule has 0 radical (unpaired) electrons. The third kappa shape index (κ3) is 35.7. The van der Waals surface area contributed by atoms with Crippen molar-refractivity contribution in [2.75, 3.05) is 105 Å². The lowest BCUT2D eigenvalue weighted by molar-refractivity contribution is -0.141. The van der Waals surface area contributed by atoms with Crippen molar-refractivity contribution in [1.82, 2.24) is 97.2 Å². The molecule has 4 aromatic heterocycles. The molecule has 1 aliphatic carbocycles. The number of hydrogen-bond donors (Lipinski definition) is 23. The molecule has 4 heterocycles. The van der Waals surface area contributed by atoms with Crippen LogP contribution in [-0.4, -0.2) is 309 Å². The van der Waals surface area contributed by atoms with Gasteiger partial charge in [0.25, 0.3) is 45.9 Å². The van der Waals surface area contributed by atoms with Crippen LogP contribution in [0.15, 0.2) is 85.9 Å². The molecule has 51 nitrogen and oxygen atoms in total. The molecule has 0 unspecified atom stereocenters. The summed E-state index contributed by atoms with van der Waals surface area (Å²) in [6, 6.07) is 12.4. The van der Waals surface area contributed by atoms with E-state index in [9.17, 15) is 151 Å². The second kappa shape index (κ2) is 55.5. The van der Waals surface area contributed by atoms with Gasteiger partial charge in [0.15, 0.2) is 23.0 Å². The molecule has 770 valence electrons. The fraction of sp³-hybridized carbons (Fsp3) is 0.473. The lowest BCUT2D eigenvalue weighted by Gasteiger charge is -2.29. The molecule has 2 aromatic carbocycles. The molecule has 51 heteroatoms. The van der Waals surface area contributed by atoms with Crippen LogP contribution in [0.4, 0.5) is 4.79 Å². The number of nitrogens with one attached hydrogen (secondary N) is 13. The van der Waals surface area contributed by atoms with Gasteiger partial charge in [0.05, 0.1) is 22.3 Å². The van der Waals surface area contributed by atoms with Crippen LogP contribution < -0.4 is 91.4 Å². The lowest BCUT2D eigenvalue weighted by Crippen LogP contribution is -2.51. The SMILES string of the molecule is Cc1cc(C(=O)NCCNC(=O)CCN(CCC(=O)NCCNC(=O)c2cc(C)n(CC(=O)O)c(=O)c2O)CCN(CCC(=O)NCCNC(=O)c2cc(C)n(CC(=O)O)c(=O)c2O)CCC(=O)NCCNC(=O)c2cc(C)n(CC(=O)NCC3CCC(C(=O)N[C@@H](Cc4ccc5ccccc5c4)C(=O)NCCCC[C@H](NC(=O)N[C@@H](CCC(=O)O)C(=O)O)C(=O)O)CC3)c(=O)c2O)c(O)c(=O)n1CC(=O)O. The number of aromatic hydroxyl groups is 4. The Morgan fingerprint density at radius 2 is 0.704 bits per heavy atom. The van der Waals surface area contributed by atoms with Crippen LogP contribution in [0, 0.1) is 39.5 Å². The van der Waals surface area contributed by atoms with E-state index in [0.29, 0.717) is 25.7 Å². The van der Waals surface area contributed by atoms with Crippen LogP contribution in [-0.2, 0) is 94.9 Å². The number of aromatic nitrogens is 4. The summed E-state index contributed by atoms with van der Waals surface area (Å²) in [5.41, 5.74) is -5.36. The summed E-state index contributed by atoms with van der Waals surface area (Å²) < 4.78 is 3.19. The average molecular weight is 1990 g/mol. The zero-order chi connectivity index (χ0) is 105. The molecule has 6 aromatic rings. The number of rotatable bonds is 58. The number of aliphatic carboxylic acids is 6.